The first-order valence-corrected chi connectivity index (χ1v) is 22.1. The predicted octanol–water partition coefficient (Wildman–Crippen LogP) is 2.59. The molecule has 0 unspecified atom stereocenters. The number of unbranched alkanes of at least 4 members (excludes halogenated alkanes) is 2. The molecule has 2 heterocycles. The van der Waals surface area contributed by atoms with Gasteiger partial charge in [0.15, 0.2) is 0 Å². The Kier molecular flexibility index (Phi) is 34.0. The minimum atomic E-state index is -0.877. The molecule has 1 aromatic heterocycles. The second-order valence-corrected chi connectivity index (χ2v) is 14.0. The number of hydrogen-bond donors (Lipinski definition) is 2. The van der Waals surface area contributed by atoms with E-state index in [1.807, 2.05) is 24.6 Å². The molecule has 1 aromatic rings. The molecule has 0 spiro atoms. The van der Waals surface area contributed by atoms with Crippen molar-refractivity contribution in [3.63, 3.8) is 0 Å². The number of ether oxygens (including phenoxy) is 10. The molecule has 0 bridgehead atoms. The van der Waals surface area contributed by atoms with E-state index >= 15 is 0 Å². The molecule has 1 aliphatic heterocycles. The van der Waals surface area contributed by atoms with Gasteiger partial charge in [0.25, 0.3) is 5.91 Å². The van der Waals surface area contributed by atoms with Gasteiger partial charge in [-0.15, -0.1) is 0 Å². The van der Waals surface area contributed by atoms with Gasteiger partial charge in [-0.05, 0) is 45.9 Å². The number of rotatable bonds is 44. The van der Waals surface area contributed by atoms with Crippen molar-refractivity contribution < 1.29 is 66.9 Å². The molecule has 1 amide bonds. The molecule has 0 saturated carbocycles. The summed E-state index contributed by atoms with van der Waals surface area (Å²) in [4.78, 5) is 36.0. The second-order valence-electron chi connectivity index (χ2n) is 14.0. The summed E-state index contributed by atoms with van der Waals surface area (Å²) < 4.78 is 56.6. The smallest absolute Gasteiger partial charge is 0.305 e. The highest BCUT2D eigenvalue weighted by atomic mass is 16.7. The molecule has 0 atom stereocenters. The molecular weight excluding hydrogens is 812 g/mol. The molecule has 20 nitrogen and oxygen atoms in total. The number of amides is 1. The Hall–Kier alpha value is -3.12. The van der Waals surface area contributed by atoms with E-state index in [4.69, 9.17) is 63.0 Å². The quantitative estimate of drug-likeness (QED) is 0.0711. The van der Waals surface area contributed by atoms with Crippen LogP contribution in [0.2, 0.25) is 0 Å². The Morgan fingerprint density at radius 2 is 1.13 bits per heavy atom. The van der Waals surface area contributed by atoms with Gasteiger partial charge >= 0.3 is 5.97 Å². The highest BCUT2D eigenvalue weighted by molar-refractivity contribution is 6.04. The number of hydroxylamine groups is 2. The highest BCUT2D eigenvalue weighted by Gasteiger charge is 2.23. The highest BCUT2D eigenvalue weighted by Crippen LogP contribution is 2.27. The van der Waals surface area contributed by atoms with Crippen LogP contribution in [0.3, 0.4) is 0 Å². The Bertz CT molecular complexity index is 1330. The van der Waals surface area contributed by atoms with E-state index in [-0.39, 0.29) is 25.4 Å². The zero-order chi connectivity index (χ0) is 44.7. The fraction of sp³-hybridized carbons (Fsp3) is 0.810. The first-order chi connectivity index (χ1) is 30.3. The Morgan fingerprint density at radius 1 is 0.661 bits per heavy atom. The SMILES string of the molecule is CCCN(OCC)C(=O)C1=Cc2c(cnn2CCCCCN(C)CCOCCOCCOCCOCCOCCOCCOCCOCCOCCOCCC(=O)O)N=C(N)C1. The van der Waals surface area contributed by atoms with E-state index in [9.17, 15) is 9.59 Å². The van der Waals surface area contributed by atoms with Gasteiger partial charge in [0, 0.05) is 31.6 Å². The Morgan fingerprint density at radius 3 is 1.58 bits per heavy atom. The number of aryl methyl sites for hydroxylation is 1. The standard InChI is InChI=1S/C42H76N6O14/c1-4-10-48(62-5-2)42(51)37-34-39-38(45-40(43)35-37)36-44-47(39)12-8-6-7-11-46(3)13-15-53-17-19-55-21-23-57-25-27-59-29-31-61-33-32-60-30-28-58-26-24-56-22-20-54-18-16-52-14-9-41(49)50/h34,36H,4-33,35H2,1-3H3,(H2,43,45)(H,49,50). The largest absolute Gasteiger partial charge is 0.481 e. The van der Waals surface area contributed by atoms with Gasteiger partial charge in [-0.25, -0.2) is 10.1 Å². The summed E-state index contributed by atoms with van der Waals surface area (Å²) in [6, 6.07) is 0. The van der Waals surface area contributed by atoms with Crippen LogP contribution in [0.25, 0.3) is 6.08 Å². The van der Waals surface area contributed by atoms with Crippen molar-refractivity contribution in [3.05, 3.63) is 17.5 Å². The minimum Gasteiger partial charge on any atom is -0.481 e. The molecular formula is C42H76N6O14. The molecule has 0 aliphatic carbocycles. The van der Waals surface area contributed by atoms with Crippen LogP contribution >= 0.6 is 0 Å². The summed E-state index contributed by atoms with van der Waals surface area (Å²) in [5.74, 6) is -0.681. The summed E-state index contributed by atoms with van der Waals surface area (Å²) in [5, 5.41) is 14.5. The number of aliphatic imine (C=N–C) groups is 1. The fourth-order valence-corrected chi connectivity index (χ4v) is 5.68. The number of nitrogens with two attached hydrogens (primary N) is 1. The van der Waals surface area contributed by atoms with Crippen molar-refractivity contribution in [3.8, 4) is 0 Å². The van der Waals surface area contributed by atoms with Gasteiger partial charge in [0.1, 0.15) is 11.5 Å². The zero-order valence-corrected chi connectivity index (χ0v) is 37.6. The lowest BCUT2D eigenvalue weighted by Crippen LogP contribution is -2.34. The van der Waals surface area contributed by atoms with Crippen molar-refractivity contribution in [2.24, 2.45) is 10.7 Å². The van der Waals surface area contributed by atoms with E-state index in [1.165, 1.54) is 5.06 Å². The van der Waals surface area contributed by atoms with Crippen LogP contribution in [0.4, 0.5) is 5.69 Å². The summed E-state index contributed by atoms with van der Waals surface area (Å²) >= 11 is 0. The topological polar surface area (TPSA) is 219 Å². The van der Waals surface area contributed by atoms with Crippen molar-refractivity contribution in [1.29, 1.82) is 0 Å². The predicted molar refractivity (Wildman–Crippen MR) is 232 cm³/mol. The minimum absolute atomic E-state index is 0.00708. The van der Waals surface area contributed by atoms with E-state index < -0.39 is 5.97 Å². The van der Waals surface area contributed by atoms with Crippen molar-refractivity contribution in [1.82, 2.24) is 19.7 Å². The number of nitrogens with zero attached hydrogens (tertiary/aromatic N) is 5. The molecule has 20 heteroatoms. The van der Waals surface area contributed by atoms with E-state index in [0.717, 1.165) is 51.0 Å². The Labute approximate surface area is 368 Å². The molecule has 3 N–H and O–H groups in total. The molecule has 0 fully saturated rings. The van der Waals surface area contributed by atoms with Gasteiger partial charge in [-0.3, -0.25) is 19.1 Å². The van der Waals surface area contributed by atoms with E-state index in [0.29, 0.717) is 156 Å². The zero-order valence-electron chi connectivity index (χ0n) is 37.6. The number of likely N-dealkylation sites (N-methyl/N-ethyl adjacent to an activating group) is 1. The van der Waals surface area contributed by atoms with Gasteiger partial charge < -0.3 is 63.1 Å². The lowest BCUT2D eigenvalue weighted by atomic mass is 10.1. The maximum atomic E-state index is 13.2. The van der Waals surface area contributed by atoms with Crippen LogP contribution < -0.4 is 5.73 Å². The number of carboxylic acids is 1. The third-order valence-corrected chi connectivity index (χ3v) is 8.85. The van der Waals surface area contributed by atoms with Crippen LogP contribution in [0.1, 0.15) is 58.1 Å². The van der Waals surface area contributed by atoms with Crippen molar-refractivity contribution >= 4 is 29.5 Å². The number of aromatic nitrogens is 2. The molecule has 62 heavy (non-hydrogen) atoms. The number of carbonyl (C=O) groups excluding carboxylic acids is 1. The molecule has 0 radical (unpaired) electrons. The van der Waals surface area contributed by atoms with Gasteiger partial charge in [-0.2, -0.15) is 5.10 Å². The molecule has 0 aromatic carbocycles. The normalized spacial score (nSPS) is 12.7. The van der Waals surface area contributed by atoms with E-state index in [2.05, 4.69) is 22.0 Å². The monoisotopic (exact) mass is 889 g/mol. The van der Waals surface area contributed by atoms with Crippen LogP contribution in [-0.2, 0) is 68.3 Å². The summed E-state index contributed by atoms with van der Waals surface area (Å²) in [6.07, 6.45) is 7.67. The summed E-state index contributed by atoms with van der Waals surface area (Å²) in [6.45, 7) is 16.7. The number of fused-ring (bicyclic) bond motifs is 1. The number of aliphatic carboxylic acids is 1. The second kappa shape index (κ2) is 38.3. The van der Waals surface area contributed by atoms with Crippen LogP contribution in [0.15, 0.2) is 16.8 Å². The first-order valence-electron chi connectivity index (χ1n) is 22.1. The van der Waals surface area contributed by atoms with Gasteiger partial charge in [0.05, 0.1) is 157 Å². The van der Waals surface area contributed by atoms with Crippen LogP contribution in [0, 0.1) is 0 Å². The maximum Gasteiger partial charge on any atom is 0.305 e. The Balaban J connectivity index is 1.31. The summed E-state index contributed by atoms with van der Waals surface area (Å²) in [7, 11) is 2.10. The van der Waals surface area contributed by atoms with Crippen LogP contribution in [-0.4, -0.2) is 208 Å². The average molecular weight is 889 g/mol. The molecule has 358 valence electrons. The third kappa shape index (κ3) is 28.5. The van der Waals surface area contributed by atoms with Gasteiger partial charge in [0.2, 0.25) is 0 Å². The number of amidine groups is 1. The lowest BCUT2D eigenvalue weighted by Gasteiger charge is -2.21. The fourth-order valence-electron chi connectivity index (χ4n) is 5.68. The summed E-state index contributed by atoms with van der Waals surface area (Å²) in [5.41, 5.74) is 8.18. The first kappa shape index (κ1) is 55.0. The van der Waals surface area contributed by atoms with Gasteiger partial charge in [-0.1, -0.05) is 13.3 Å². The number of carboxylic acid groups (broad SMARTS) is 1. The molecule has 1 aliphatic rings. The average Bonchev–Trinajstić information content (AvgIpc) is 3.53. The molecule has 0 saturated heterocycles. The van der Waals surface area contributed by atoms with E-state index in [1.54, 1.807) is 6.20 Å². The lowest BCUT2D eigenvalue weighted by molar-refractivity contribution is -0.180. The third-order valence-electron chi connectivity index (χ3n) is 8.85. The number of carbonyl (C=O) groups is 2. The molecule has 2 rings (SSSR count). The van der Waals surface area contributed by atoms with Crippen molar-refractivity contribution in [2.75, 3.05) is 165 Å². The van der Waals surface area contributed by atoms with Crippen molar-refractivity contribution in [2.45, 2.75) is 58.9 Å². The number of hydrogen-bond acceptors (Lipinski definition) is 17. The maximum absolute atomic E-state index is 13.2. The van der Waals surface area contributed by atoms with Crippen LogP contribution in [0.5, 0.6) is 0 Å².